The highest BCUT2D eigenvalue weighted by molar-refractivity contribution is 7.16. The SMILES string of the molecule is Cc1ccc(C)c(-c2nc(Nc3cc(Cl)cc(Cl)c3)sc2C)c1. The fraction of sp³-hybridized carbons (Fsp3) is 0.167. The first-order chi connectivity index (χ1) is 10.9. The number of aromatic nitrogens is 1. The molecule has 0 radical (unpaired) electrons. The summed E-state index contributed by atoms with van der Waals surface area (Å²) in [5.41, 5.74) is 5.49. The third-order valence-electron chi connectivity index (χ3n) is 3.56. The van der Waals surface area contributed by atoms with E-state index in [0.717, 1.165) is 16.5 Å². The van der Waals surface area contributed by atoms with Gasteiger partial charge in [-0.3, -0.25) is 0 Å². The molecular weight excluding hydrogens is 347 g/mol. The Morgan fingerprint density at radius 1 is 0.957 bits per heavy atom. The molecule has 0 saturated heterocycles. The van der Waals surface area contributed by atoms with E-state index in [9.17, 15) is 0 Å². The van der Waals surface area contributed by atoms with E-state index >= 15 is 0 Å². The van der Waals surface area contributed by atoms with E-state index in [1.54, 1.807) is 17.4 Å². The van der Waals surface area contributed by atoms with Crippen molar-refractivity contribution in [2.75, 3.05) is 5.32 Å². The molecule has 0 unspecified atom stereocenters. The predicted molar refractivity (Wildman–Crippen MR) is 102 cm³/mol. The number of benzene rings is 2. The zero-order valence-corrected chi connectivity index (χ0v) is 15.4. The van der Waals surface area contributed by atoms with Gasteiger partial charge in [0, 0.05) is 26.2 Å². The van der Waals surface area contributed by atoms with Gasteiger partial charge in [0.05, 0.1) is 5.69 Å². The summed E-state index contributed by atoms with van der Waals surface area (Å²) >= 11 is 13.7. The highest BCUT2D eigenvalue weighted by Crippen LogP contribution is 2.34. The number of rotatable bonds is 3. The molecule has 118 valence electrons. The maximum Gasteiger partial charge on any atom is 0.187 e. The number of hydrogen-bond donors (Lipinski definition) is 1. The molecule has 0 saturated carbocycles. The lowest BCUT2D eigenvalue weighted by Gasteiger charge is -2.06. The smallest absolute Gasteiger partial charge is 0.187 e. The molecule has 0 spiro atoms. The Kier molecular flexibility index (Phi) is 4.62. The van der Waals surface area contributed by atoms with Gasteiger partial charge in [0.15, 0.2) is 5.13 Å². The van der Waals surface area contributed by atoms with Crippen LogP contribution < -0.4 is 5.32 Å². The van der Waals surface area contributed by atoms with Crippen molar-refractivity contribution >= 4 is 45.4 Å². The molecule has 0 bridgehead atoms. The Morgan fingerprint density at radius 3 is 2.35 bits per heavy atom. The molecular formula is C18H16Cl2N2S. The van der Waals surface area contributed by atoms with Crippen molar-refractivity contribution in [3.63, 3.8) is 0 Å². The predicted octanol–water partition coefficient (Wildman–Crippen LogP) is 6.79. The fourth-order valence-electron chi connectivity index (χ4n) is 2.44. The van der Waals surface area contributed by atoms with Crippen LogP contribution in [0, 0.1) is 20.8 Å². The lowest BCUT2D eigenvalue weighted by Crippen LogP contribution is -1.91. The molecule has 0 fully saturated rings. The first kappa shape index (κ1) is 16.3. The molecule has 1 aromatic heterocycles. The van der Waals surface area contributed by atoms with Crippen LogP contribution in [0.1, 0.15) is 16.0 Å². The molecule has 3 rings (SSSR count). The number of nitrogens with one attached hydrogen (secondary N) is 1. The first-order valence-corrected chi connectivity index (χ1v) is 8.78. The van der Waals surface area contributed by atoms with Crippen LogP contribution in [0.5, 0.6) is 0 Å². The van der Waals surface area contributed by atoms with Crippen LogP contribution in [0.4, 0.5) is 10.8 Å². The van der Waals surface area contributed by atoms with Crippen LogP contribution in [0.25, 0.3) is 11.3 Å². The van der Waals surface area contributed by atoms with E-state index in [2.05, 4.69) is 44.3 Å². The highest BCUT2D eigenvalue weighted by atomic mass is 35.5. The normalized spacial score (nSPS) is 10.8. The fourth-order valence-corrected chi connectivity index (χ4v) is 3.81. The van der Waals surface area contributed by atoms with E-state index in [1.807, 2.05) is 12.1 Å². The Hall–Kier alpha value is -1.55. The lowest BCUT2D eigenvalue weighted by atomic mass is 10.0. The Morgan fingerprint density at radius 2 is 1.65 bits per heavy atom. The number of halogens is 2. The van der Waals surface area contributed by atoms with Gasteiger partial charge in [0.25, 0.3) is 0 Å². The minimum absolute atomic E-state index is 0.600. The van der Waals surface area contributed by atoms with Gasteiger partial charge in [-0.25, -0.2) is 4.98 Å². The Labute approximate surface area is 150 Å². The van der Waals surface area contributed by atoms with E-state index in [1.165, 1.54) is 21.6 Å². The summed E-state index contributed by atoms with van der Waals surface area (Å²) in [4.78, 5) is 5.93. The molecule has 23 heavy (non-hydrogen) atoms. The van der Waals surface area contributed by atoms with Gasteiger partial charge < -0.3 is 5.32 Å². The quantitative estimate of drug-likeness (QED) is 0.554. The molecule has 3 aromatic rings. The number of nitrogens with zero attached hydrogens (tertiary/aromatic N) is 1. The molecule has 2 aromatic carbocycles. The second-order valence-electron chi connectivity index (χ2n) is 5.53. The average Bonchev–Trinajstić information content (AvgIpc) is 2.81. The van der Waals surface area contributed by atoms with Gasteiger partial charge >= 0.3 is 0 Å². The standard InChI is InChI=1S/C18H16Cl2N2S/c1-10-4-5-11(2)16(6-10)17-12(3)23-18(22-17)21-15-8-13(19)7-14(20)9-15/h4-9H,1-3H3,(H,21,22). The molecule has 2 nitrogen and oxygen atoms in total. The van der Waals surface area contributed by atoms with Crippen LogP contribution in [0.3, 0.4) is 0 Å². The minimum Gasteiger partial charge on any atom is -0.331 e. The van der Waals surface area contributed by atoms with Crippen molar-refractivity contribution in [3.8, 4) is 11.3 Å². The number of thiazole rings is 1. The van der Waals surface area contributed by atoms with Crippen LogP contribution in [-0.4, -0.2) is 4.98 Å². The number of hydrogen-bond acceptors (Lipinski definition) is 3. The van der Waals surface area contributed by atoms with Crippen molar-refractivity contribution in [3.05, 3.63) is 62.4 Å². The van der Waals surface area contributed by atoms with E-state index in [-0.39, 0.29) is 0 Å². The van der Waals surface area contributed by atoms with Crippen LogP contribution in [0.2, 0.25) is 10.0 Å². The maximum atomic E-state index is 6.05. The van der Waals surface area contributed by atoms with E-state index in [4.69, 9.17) is 28.2 Å². The third-order valence-corrected chi connectivity index (χ3v) is 4.88. The van der Waals surface area contributed by atoms with E-state index in [0.29, 0.717) is 10.0 Å². The average molecular weight is 363 g/mol. The van der Waals surface area contributed by atoms with Crippen molar-refractivity contribution in [2.45, 2.75) is 20.8 Å². The van der Waals surface area contributed by atoms with Crippen LogP contribution in [0.15, 0.2) is 36.4 Å². The first-order valence-electron chi connectivity index (χ1n) is 7.20. The summed E-state index contributed by atoms with van der Waals surface area (Å²) in [6.07, 6.45) is 0. The summed E-state index contributed by atoms with van der Waals surface area (Å²) in [7, 11) is 0. The summed E-state index contributed by atoms with van der Waals surface area (Å²) < 4.78 is 0. The third kappa shape index (κ3) is 3.69. The second-order valence-corrected chi connectivity index (χ2v) is 7.60. The molecule has 0 atom stereocenters. The second kappa shape index (κ2) is 6.52. The molecule has 1 heterocycles. The Bertz CT molecular complexity index is 851. The molecule has 1 N–H and O–H groups in total. The Balaban J connectivity index is 1.96. The number of anilines is 2. The van der Waals surface area contributed by atoms with Gasteiger partial charge in [0.1, 0.15) is 0 Å². The topological polar surface area (TPSA) is 24.9 Å². The summed E-state index contributed by atoms with van der Waals surface area (Å²) in [6, 6.07) is 11.8. The minimum atomic E-state index is 0.600. The molecule has 0 aliphatic carbocycles. The molecule has 0 amide bonds. The van der Waals surface area contributed by atoms with Crippen molar-refractivity contribution < 1.29 is 0 Å². The van der Waals surface area contributed by atoms with Crippen molar-refractivity contribution in [2.24, 2.45) is 0 Å². The summed E-state index contributed by atoms with van der Waals surface area (Å²) in [5.74, 6) is 0. The highest BCUT2D eigenvalue weighted by Gasteiger charge is 2.12. The molecule has 5 heteroatoms. The van der Waals surface area contributed by atoms with E-state index < -0.39 is 0 Å². The largest absolute Gasteiger partial charge is 0.331 e. The summed E-state index contributed by atoms with van der Waals surface area (Å²) in [5, 5.41) is 5.32. The van der Waals surface area contributed by atoms with Crippen LogP contribution in [-0.2, 0) is 0 Å². The summed E-state index contributed by atoms with van der Waals surface area (Å²) in [6.45, 7) is 6.29. The van der Waals surface area contributed by atoms with Gasteiger partial charge in [-0.15, -0.1) is 11.3 Å². The zero-order chi connectivity index (χ0) is 16.6. The molecule has 0 aliphatic heterocycles. The number of aryl methyl sites for hydroxylation is 3. The monoisotopic (exact) mass is 362 g/mol. The van der Waals surface area contributed by atoms with Gasteiger partial charge in [-0.1, -0.05) is 40.9 Å². The zero-order valence-electron chi connectivity index (χ0n) is 13.1. The lowest BCUT2D eigenvalue weighted by molar-refractivity contribution is 1.31. The maximum absolute atomic E-state index is 6.05. The van der Waals surface area contributed by atoms with Crippen molar-refractivity contribution in [1.29, 1.82) is 0 Å². The van der Waals surface area contributed by atoms with Gasteiger partial charge in [0.2, 0.25) is 0 Å². The molecule has 0 aliphatic rings. The van der Waals surface area contributed by atoms with Crippen LogP contribution >= 0.6 is 34.5 Å². The van der Waals surface area contributed by atoms with Crippen molar-refractivity contribution in [1.82, 2.24) is 4.98 Å². The van der Waals surface area contributed by atoms with Gasteiger partial charge in [-0.05, 0) is 50.6 Å². The van der Waals surface area contributed by atoms with Gasteiger partial charge in [-0.2, -0.15) is 0 Å².